The first-order valence-corrected chi connectivity index (χ1v) is 10.2. The molecule has 2 N–H and O–H groups in total. The molecule has 1 saturated heterocycles. The number of aromatic nitrogens is 4. The summed E-state index contributed by atoms with van der Waals surface area (Å²) in [4.78, 5) is 19.5. The predicted octanol–water partition coefficient (Wildman–Crippen LogP) is 2.17. The van der Waals surface area contributed by atoms with Crippen LogP contribution in [0.1, 0.15) is 12.2 Å². The fourth-order valence-corrected chi connectivity index (χ4v) is 3.55. The molecule has 4 heterocycles. The maximum absolute atomic E-state index is 6.27. The van der Waals surface area contributed by atoms with E-state index in [9.17, 15) is 0 Å². The largest absolute Gasteiger partial charge is 0.356 e. The molecule has 1 unspecified atom stereocenters. The van der Waals surface area contributed by atoms with Gasteiger partial charge in [0, 0.05) is 51.5 Å². The zero-order valence-electron chi connectivity index (χ0n) is 16.6. The van der Waals surface area contributed by atoms with Crippen LogP contribution in [0.15, 0.2) is 52.2 Å². The Kier molecular flexibility index (Phi) is 6.38. The number of pyridine rings is 2. The second kappa shape index (κ2) is 9.53. The van der Waals surface area contributed by atoms with Gasteiger partial charge in [-0.05, 0) is 30.7 Å². The summed E-state index contributed by atoms with van der Waals surface area (Å²) in [7, 11) is 1.76. The SMILES string of the molecule is CN=C(NCCc1noc(-c2ccccn2)n1)NC1CCN(c2ncccc2Cl)C1. The Morgan fingerprint density at radius 2 is 2.17 bits per heavy atom. The first-order valence-electron chi connectivity index (χ1n) is 9.79. The first kappa shape index (κ1) is 20.1. The normalized spacial score (nSPS) is 16.7. The van der Waals surface area contributed by atoms with Crippen molar-refractivity contribution in [3.63, 3.8) is 0 Å². The van der Waals surface area contributed by atoms with Crippen LogP contribution in [0.3, 0.4) is 0 Å². The predicted molar refractivity (Wildman–Crippen MR) is 116 cm³/mol. The average Bonchev–Trinajstić information content (AvgIpc) is 3.44. The van der Waals surface area contributed by atoms with Crippen LogP contribution in [0, 0.1) is 0 Å². The fraction of sp³-hybridized carbons (Fsp3) is 0.350. The molecular weight excluding hydrogens is 404 g/mol. The molecule has 0 saturated carbocycles. The van der Waals surface area contributed by atoms with E-state index < -0.39 is 0 Å². The average molecular weight is 427 g/mol. The summed E-state index contributed by atoms with van der Waals surface area (Å²) in [6.45, 7) is 2.34. The molecule has 0 aliphatic carbocycles. The highest BCUT2D eigenvalue weighted by Gasteiger charge is 2.25. The Morgan fingerprint density at radius 3 is 2.97 bits per heavy atom. The molecule has 0 bridgehead atoms. The van der Waals surface area contributed by atoms with Gasteiger partial charge < -0.3 is 20.1 Å². The topological polar surface area (TPSA) is 104 Å². The molecule has 0 radical (unpaired) electrons. The van der Waals surface area contributed by atoms with E-state index in [4.69, 9.17) is 16.1 Å². The van der Waals surface area contributed by atoms with Crippen molar-refractivity contribution >= 4 is 23.4 Å². The number of anilines is 1. The Hall–Kier alpha value is -3.20. The molecule has 1 aliphatic heterocycles. The minimum atomic E-state index is 0.259. The summed E-state index contributed by atoms with van der Waals surface area (Å²) in [5.41, 5.74) is 0.667. The van der Waals surface area contributed by atoms with Gasteiger partial charge in [0.25, 0.3) is 5.89 Å². The Bertz CT molecular complexity index is 993. The second-order valence-corrected chi connectivity index (χ2v) is 7.27. The number of halogens is 1. The Labute approximate surface area is 179 Å². The van der Waals surface area contributed by atoms with Crippen molar-refractivity contribution in [1.29, 1.82) is 0 Å². The van der Waals surface area contributed by atoms with Gasteiger partial charge in [0.2, 0.25) is 0 Å². The van der Waals surface area contributed by atoms with Gasteiger partial charge in [0.1, 0.15) is 11.5 Å². The van der Waals surface area contributed by atoms with E-state index in [1.54, 1.807) is 19.4 Å². The van der Waals surface area contributed by atoms with Gasteiger partial charge in [0.15, 0.2) is 11.8 Å². The lowest BCUT2D eigenvalue weighted by atomic mass is 10.3. The van der Waals surface area contributed by atoms with Crippen LogP contribution in [0.5, 0.6) is 0 Å². The summed E-state index contributed by atoms with van der Waals surface area (Å²) >= 11 is 6.27. The van der Waals surface area contributed by atoms with Crippen LogP contribution in [-0.2, 0) is 6.42 Å². The molecular formula is C20H23ClN8O. The third-order valence-electron chi connectivity index (χ3n) is 4.78. The van der Waals surface area contributed by atoms with Crippen LogP contribution in [-0.4, -0.2) is 58.8 Å². The number of aliphatic imine (C=N–C) groups is 1. The number of hydrogen-bond donors (Lipinski definition) is 2. The van der Waals surface area contributed by atoms with Crippen molar-refractivity contribution in [2.45, 2.75) is 18.9 Å². The zero-order chi connectivity index (χ0) is 20.8. The van der Waals surface area contributed by atoms with Crippen molar-refractivity contribution < 1.29 is 4.52 Å². The maximum Gasteiger partial charge on any atom is 0.276 e. The molecule has 3 aromatic rings. The lowest BCUT2D eigenvalue weighted by Crippen LogP contribution is -2.45. The van der Waals surface area contributed by atoms with Crippen molar-refractivity contribution in [3.05, 3.63) is 53.6 Å². The van der Waals surface area contributed by atoms with Gasteiger partial charge >= 0.3 is 0 Å². The summed E-state index contributed by atoms with van der Waals surface area (Å²) in [6.07, 6.45) is 5.05. The minimum Gasteiger partial charge on any atom is -0.356 e. The van der Waals surface area contributed by atoms with E-state index >= 15 is 0 Å². The lowest BCUT2D eigenvalue weighted by Gasteiger charge is -2.20. The van der Waals surface area contributed by atoms with Crippen LogP contribution < -0.4 is 15.5 Å². The molecule has 4 rings (SSSR count). The van der Waals surface area contributed by atoms with Crippen molar-refractivity contribution in [3.8, 4) is 11.6 Å². The molecule has 1 atom stereocenters. The van der Waals surface area contributed by atoms with Crippen molar-refractivity contribution in [1.82, 2.24) is 30.7 Å². The van der Waals surface area contributed by atoms with E-state index in [1.165, 1.54) is 0 Å². The van der Waals surface area contributed by atoms with Crippen LogP contribution in [0.2, 0.25) is 5.02 Å². The third-order valence-corrected chi connectivity index (χ3v) is 5.08. The molecule has 30 heavy (non-hydrogen) atoms. The Morgan fingerprint density at radius 1 is 1.27 bits per heavy atom. The standard InChI is InChI=1S/C20H23ClN8O/c1-22-20(26-14-8-12-29(13-14)18-15(21)5-4-10-24-18)25-11-7-17-27-19(30-28-17)16-6-2-3-9-23-16/h2-6,9-10,14H,7-8,11-13H2,1H3,(H2,22,25,26). The molecule has 1 fully saturated rings. The van der Waals surface area contributed by atoms with Gasteiger partial charge in [0.05, 0.1) is 5.02 Å². The Balaban J connectivity index is 1.25. The molecule has 0 amide bonds. The zero-order valence-corrected chi connectivity index (χ0v) is 17.4. The summed E-state index contributed by atoms with van der Waals surface area (Å²) in [5, 5.41) is 11.4. The monoisotopic (exact) mass is 426 g/mol. The quantitative estimate of drug-likeness (QED) is 0.456. The highest BCUT2D eigenvalue weighted by molar-refractivity contribution is 6.32. The van der Waals surface area contributed by atoms with Crippen molar-refractivity contribution in [2.24, 2.45) is 4.99 Å². The van der Waals surface area contributed by atoms with E-state index in [-0.39, 0.29) is 6.04 Å². The highest BCUT2D eigenvalue weighted by Crippen LogP contribution is 2.25. The number of nitrogens with zero attached hydrogens (tertiary/aromatic N) is 6. The van der Waals surface area contributed by atoms with E-state index in [0.29, 0.717) is 35.4 Å². The number of rotatable bonds is 6. The summed E-state index contributed by atoms with van der Waals surface area (Å²) < 4.78 is 5.29. The van der Waals surface area contributed by atoms with Gasteiger partial charge in [-0.25, -0.2) is 4.98 Å². The van der Waals surface area contributed by atoms with E-state index in [0.717, 1.165) is 31.3 Å². The van der Waals surface area contributed by atoms with Gasteiger partial charge in [-0.1, -0.05) is 22.8 Å². The van der Waals surface area contributed by atoms with Crippen LogP contribution in [0.4, 0.5) is 5.82 Å². The molecule has 156 valence electrons. The minimum absolute atomic E-state index is 0.259. The fourth-order valence-electron chi connectivity index (χ4n) is 3.31. The van der Waals surface area contributed by atoms with E-state index in [1.807, 2.05) is 30.3 Å². The van der Waals surface area contributed by atoms with Crippen LogP contribution in [0.25, 0.3) is 11.6 Å². The number of hydrogen-bond acceptors (Lipinski definition) is 7. The summed E-state index contributed by atoms with van der Waals surface area (Å²) in [5.74, 6) is 2.61. The molecule has 9 nitrogen and oxygen atoms in total. The molecule has 0 aromatic carbocycles. The van der Waals surface area contributed by atoms with Gasteiger partial charge in [-0.15, -0.1) is 0 Å². The lowest BCUT2D eigenvalue weighted by molar-refractivity contribution is 0.421. The number of guanidine groups is 1. The molecule has 3 aromatic heterocycles. The number of nitrogens with one attached hydrogen (secondary N) is 2. The molecule has 0 spiro atoms. The first-order chi connectivity index (χ1) is 14.7. The van der Waals surface area contributed by atoms with Gasteiger partial charge in [-0.3, -0.25) is 9.98 Å². The van der Waals surface area contributed by atoms with Crippen molar-refractivity contribution in [2.75, 3.05) is 31.6 Å². The molecule has 10 heteroatoms. The molecule has 1 aliphatic rings. The maximum atomic E-state index is 6.27. The summed E-state index contributed by atoms with van der Waals surface area (Å²) in [6, 6.07) is 9.53. The van der Waals surface area contributed by atoms with Crippen LogP contribution >= 0.6 is 11.6 Å². The van der Waals surface area contributed by atoms with E-state index in [2.05, 4.69) is 40.6 Å². The van der Waals surface area contributed by atoms with Gasteiger partial charge in [-0.2, -0.15) is 4.98 Å². The highest BCUT2D eigenvalue weighted by atomic mass is 35.5. The third kappa shape index (κ3) is 4.85. The second-order valence-electron chi connectivity index (χ2n) is 6.86. The smallest absolute Gasteiger partial charge is 0.276 e.